The Balaban J connectivity index is 1.25. The summed E-state index contributed by atoms with van der Waals surface area (Å²) in [7, 11) is 0. The van der Waals surface area contributed by atoms with Crippen molar-refractivity contribution in [3.05, 3.63) is 120 Å². The average Bonchev–Trinajstić information content (AvgIpc) is 2.87. The van der Waals surface area contributed by atoms with E-state index >= 15 is 0 Å². The highest BCUT2D eigenvalue weighted by atomic mass is 16.5. The second kappa shape index (κ2) is 12.2. The van der Waals surface area contributed by atoms with E-state index in [0.717, 1.165) is 34.9 Å². The lowest BCUT2D eigenvalue weighted by Gasteiger charge is -2.14. The summed E-state index contributed by atoms with van der Waals surface area (Å²) < 4.78 is 17.6. The number of anilines is 1. The summed E-state index contributed by atoms with van der Waals surface area (Å²) in [5.41, 5.74) is 3.38. The van der Waals surface area contributed by atoms with Gasteiger partial charge < -0.3 is 19.5 Å². The number of nitrogens with one attached hydrogen (secondary N) is 1. The van der Waals surface area contributed by atoms with Crippen molar-refractivity contribution in [2.45, 2.75) is 13.0 Å². The molecule has 4 nitrogen and oxygen atoms in total. The third kappa shape index (κ3) is 7.32. The molecule has 0 heterocycles. The minimum atomic E-state index is 0.471. The van der Waals surface area contributed by atoms with E-state index in [-0.39, 0.29) is 0 Å². The maximum atomic E-state index is 5.96. The van der Waals surface area contributed by atoms with Crippen LogP contribution in [0.5, 0.6) is 17.2 Å². The molecule has 4 aromatic rings. The second-order valence-corrected chi connectivity index (χ2v) is 7.59. The summed E-state index contributed by atoms with van der Waals surface area (Å²) in [6.45, 7) is 2.29. The molecule has 0 aliphatic heterocycles. The van der Waals surface area contributed by atoms with Gasteiger partial charge in [0.15, 0.2) is 0 Å². The molecular weight excluding hydrogens is 410 g/mol. The van der Waals surface area contributed by atoms with Gasteiger partial charge in [-0.2, -0.15) is 0 Å². The van der Waals surface area contributed by atoms with Gasteiger partial charge in [0.1, 0.15) is 30.5 Å². The first-order valence-electron chi connectivity index (χ1n) is 11.3. The van der Waals surface area contributed by atoms with Crippen LogP contribution in [0, 0.1) is 0 Å². The summed E-state index contributed by atoms with van der Waals surface area (Å²) in [4.78, 5) is 0. The van der Waals surface area contributed by atoms with Crippen molar-refractivity contribution in [2.24, 2.45) is 0 Å². The van der Waals surface area contributed by atoms with E-state index < -0.39 is 0 Å². The van der Waals surface area contributed by atoms with Gasteiger partial charge in [-0.25, -0.2) is 0 Å². The highest BCUT2D eigenvalue weighted by molar-refractivity contribution is 5.56. The molecule has 0 saturated heterocycles. The smallest absolute Gasteiger partial charge is 0.142 e. The van der Waals surface area contributed by atoms with Crippen LogP contribution in [0.15, 0.2) is 109 Å². The zero-order chi connectivity index (χ0) is 22.6. The van der Waals surface area contributed by atoms with E-state index in [2.05, 4.69) is 41.7 Å². The highest BCUT2D eigenvalue weighted by Crippen LogP contribution is 2.25. The number of ether oxygens (including phenoxy) is 3. The largest absolute Gasteiger partial charge is 0.493 e. The van der Waals surface area contributed by atoms with Crippen molar-refractivity contribution in [3.8, 4) is 17.2 Å². The molecule has 4 heteroatoms. The zero-order valence-corrected chi connectivity index (χ0v) is 18.7. The van der Waals surface area contributed by atoms with Crippen LogP contribution in [0.2, 0.25) is 0 Å². The first-order valence-corrected chi connectivity index (χ1v) is 11.3. The monoisotopic (exact) mass is 439 g/mol. The first kappa shape index (κ1) is 22.3. The molecule has 168 valence electrons. The average molecular weight is 440 g/mol. The van der Waals surface area contributed by atoms with Gasteiger partial charge in [0, 0.05) is 13.0 Å². The predicted octanol–water partition coefficient (Wildman–Crippen LogP) is 6.38. The molecule has 0 bridgehead atoms. The topological polar surface area (TPSA) is 39.7 Å². The van der Waals surface area contributed by atoms with Crippen molar-refractivity contribution in [1.82, 2.24) is 0 Å². The van der Waals surface area contributed by atoms with Gasteiger partial charge in [0.25, 0.3) is 0 Å². The van der Waals surface area contributed by atoms with E-state index in [1.165, 1.54) is 5.56 Å². The van der Waals surface area contributed by atoms with Gasteiger partial charge in [-0.1, -0.05) is 72.8 Å². The number of hydrogen-bond donors (Lipinski definition) is 1. The van der Waals surface area contributed by atoms with Gasteiger partial charge in [0.2, 0.25) is 0 Å². The molecule has 4 aromatic carbocycles. The third-order valence-corrected chi connectivity index (χ3v) is 5.12. The Hall–Kier alpha value is -3.92. The van der Waals surface area contributed by atoms with E-state index in [0.29, 0.717) is 26.4 Å². The van der Waals surface area contributed by atoms with Crippen molar-refractivity contribution in [1.29, 1.82) is 0 Å². The molecule has 33 heavy (non-hydrogen) atoms. The highest BCUT2D eigenvalue weighted by Gasteiger charge is 2.04. The molecular formula is C29H29NO3. The Labute approximate surface area is 195 Å². The van der Waals surface area contributed by atoms with E-state index in [1.807, 2.05) is 72.8 Å². The quantitative estimate of drug-likeness (QED) is 0.260. The summed E-state index contributed by atoms with van der Waals surface area (Å²) >= 11 is 0. The van der Waals surface area contributed by atoms with Gasteiger partial charge in [-0.3, -0.25) is 0 Å². The molecule has 4 rings (SSSR count). The van der Waals surface area contributed by atoms with Crippen LogP contribution < -0.4 is 19.5 Å². The van der Waals surface area contributed by atoms with Crippen molar-refractivity contribution in [2.75, 3.05) is 25.1 Å². The molecule has 0 saturated carbocycles. The molecule has 0 amide bonds. The molecule has 0 aromatic heterocycles. The predicted molar refractivity (Wildman–Crippen MR) is 133 cm³/mol. The van der Waals surface area contributed by atoms with Gasteiger partial charge in [-0.15, -0.1) is 0 Å². The minimum absolute atomic E-state index is 0.471. The molecule has 0 radical (unpaired) electrons. The lowest BCUT2D eigenvalue weighted by molar-refractivity contribution is 0.218. The summed E-state index contributed by atoms with van der Waals surface area (Å²) in [6.07, 6.45) is 0.891. The Bertz CT molecular complexity index is 1100. The molecule has 1 N–H and O–H groups in total. The van der Waals surface area contributed by atoms with Gasteiger partial charge >= 0.3 is 0 Å². The van der Waals surface area contributed by atoms with E-state index in [4.69, 9.17) is 14.2 Å². The van der Waals surface area contributed by atoms with Crippen molar-refractivity contribution < 1.29 is 14.2 Å². The number of benzene rings is 4. The fourth-order valence-corrected chi connectivity index (χ4v) is 3.44. The Kier molecular flexibility index (Phi) is 8.24. The van der Waals surface area contributed by atoms with Crippen LogP contribution in [0.4, 0.5) is 5.69 Å². The maximum absolute atomic E-state index is 5.96. The standard InChI is InChI=1S/C29H29NO3/c1-3-10-24(11-4-1)18-19-31-27-15-9-12-25(22-27)23-30-28-16-7-8-17-29(28)33-21-20-32-26-13-5-2-6-14-26/h1-17,22,30H,18-21,23H2. The van der Waals surface area contributed by atoms with Gasteiger partial charge in [0.05, 0.1) is 12.3 Å². The summed E-state index contributed by atoms with van der Waals surface area (Å²) in [5.74, 6) is 2.54. The Morgan fingerprint density at radius 3 is 2.00 bits per heavy atom. The van der Waals surface area contributed by atoms with Crippen molar-refractivity contribution in [3.63, 3.8) is 0 Å². The Morgan fingerprint density at radius 1 is 0.515 bits per heavy atom. The van der Waals surface area contributed by atoms with Crippen LogP contribution in [0.3, 0.4) is 0 Å². The molecule has 0 aliphatic carbocycles. The van der Waals surface area contributed by atoms with E-state index in [9.17, 15) is 0 Å². The van der Waals surface area contributed by atoms with Crippen LogP contribution in [-0.2, 0) is 13.0 Å². The van der Waals surface area contributed by atoms with Crippen LogP contribution in [0.25, 0.3) is 0 Å². The van der Waals surface area contributed by atoms with Crippen molar-refractivity contribution >= 4 is 5.69 Å². The summed E-state index contributed by atoms with van der Waals surface area (Å²) in [6, 6.07) is 36.3. The van der Waals surface area contributed by atoms with Crippen LogP contribution in [-0.4, -0.2) is 19.8 Å². The lowest BCUT2D eigenvalue weighted by Crippen LogP contribution is -2.10. The molecule has 0 aliphatic rings. The first-order chi connectivity index (χ1) is 16.4. The van der Waals surface area contributed by atoms with Gasteiger partial charge in [-0.05, 0) is 47.5 Å². The normalized spacial score (nSPS) is 10.4. The summed E-state index contributed by atoms with van der Waals surface area (Å²) in [5, 5.41) is 3.48. The minimum Gasteiger partial charge on any atom is -0.493 e. The van der Waals surface area contributed by atoms with Crippen LogP contribution >= 0.6 is 0 Å². The molecule has 0 spiro atoms. The lowest BCUT2D eigenvalue weighted by atomic mass is 10.2. The molecule has 0 fully saturated rings. The third-order valence-electron chi connectivity index (χ3n) is 5.12. The fraction of sp³-hybridized carbons (Fsp3) is 0.172. The molecule has 0 unspecified atom stereocenters. The number of hydrogen-bond acceptors (Lipinski definition) is 4. The fourth-order valence-electron chi connectivity index (χ4n) is 3.44. The SMILES string of the molecule is c1ccc(CCOc2cccc(CNc3ccccc3OCCOc3ccccc3)c2)cc1. The number of para-hydroxylation sites is 3. The molecule has 0 atom stereocenters. The Morgan fingerprint density at radius 2 is 1.15 bits per heavy atom. The van der Waals surface area contributed by atoms with E-state index in [1.54, 1.807) is 0 Å². The van der Waals surface area contributed by atoms with Crippen LogP contribution in [0.1, 0.15) is 11.1 Å². The second-order valence-electron chi connectivity index (χ2n) is 7.59. The zero-order valence-electron chi connectivity index (χ0n) is 18.7. The number of rotatable bonds is 12. The maximum Gasteiger partial charge on any atom is 0.142 e.